The van der Waals surface area contributed by atoms with Crippen LogP contribution in [0.4, 0.5) is 0 Å². The summed E-state index contributed by atoms with van der Waals surface area (Å²) in [6, 6.07) is 0.574. The molecule has 1 amide bonds. The first-order chi connectivity index (χ1) is 9.16. The van der Waals surface area contributed by atoms with Crippen LogP contribution in [0.5, 0.6) is 0 Å². The van der Waals surface area contributed by atoms with Crippen LogP contribution in [0, 0.1) is 0 Å². The van der Waals surface area contributed by atoms with Crippen LogP contribution in [0.3, 0.4) is 0 Å². The molecular formula is C15H32N2O2. The molecule has 4 heteroatoms. The van der Waals surface area contributed by atoms with Gasteiger partial charge in [0.05, 0.1) is 0 Å². The highest BCUT2D eigenvalue weighted by Crippen LogP contribution is 2.00. The van der Waals surface area contributed by atoms with E-state index in [1.54, 1.807) is 0 Å². The van der Waals surface area contributed by atoms with E-state index < -0.39 is 0 Å². The fourth-order valence-corrected chi connectivity index (χ4v) is 1.88. The number of carbonyl (C=O) groups excluding carboxylic acids is 1. The van der Waals surface area contributed by atoms with Gasteiger partial charge in [-0.2, -0.15) is 0 Å². The second-order valence-corrected chi connectivity index (χ2v) is 5.41. The van der Waals surface area contributed by atoms with Gasteiger partial charge >= 0.3 is 0 Å². The van der Waals surface area contributed by atoms with Crippen molar-refractivity contribution in [2.45, 2.75) is 71.3 Å². The molecule has 0 bridgehead atoms. The Bertz CT molecular complexity index is 208. The summed E-state index contributed by atoms with van der Waals surface area (Å²) in [7, 11) is 0. The van der Waals surface area contributed by atoms with Gasteiger partial charge in [0.1, 0.15) is 0 Å². The Hall–Kier alpha value is -0.610. The van der Waals surface area contributed by atoms with Crippen LogP contribution in [0.2, 0.25) is 0 Å². The predicted octanol–water partition coefficient (Wildman–Crippen LogP) is 2.21. The van der Waals surface area contributed by atoms with Gasteiger partial charge in [-0.1, -0.05) is 33.1 Å². The van der Waals surface area contributed by atoms with Gasteiger partial charge in [0.25, 0.3) is 0 Å². The van der Waals surface area contributed by atoms with Crippen LogP contribution >= 0.6 is 0 Å². The zero-order valence-electron chi connectivity index (χ0n) is 12.7. The van der Waals surface area contributed by atoms with Crippen LogP contribution in [-0.2, 0) is 4.79 Å². The van der Waals surface area contributed by atoms with E-state index in [9.17, 15) is 4.79 Å². The maximum Gasteiger partial charge on any atom is 0.219 e. The zero-order chi connectivity index (χ0) is 14.3. The Morgan fingerprint density at radius 2 is 1.58 bits per heavy atom. The van der Waals surface area contributed by atoms with Crippen molar-refractivity contribution in [2.75, 3.05) is 19.7 Å². The summed E-state index contributed by atoms with van der Waals surface area (Å²) < 4.78 is 0. The van der Waals surface area contributed by atoms with Gasteiger partial charge in [-0.3, -0.25) is 4.79 Å². The Kier molecular flexibility index (Phi) is 13.4. The molecule has 0 saturated heterocycles. The molecule has 0 aromatic heterocycles. The van der Waals surface area contributed by atoms with Crippen LogP contribution < -0.4 is 10.6 Å². The lowest BCUT2D eigenvalue weighted by atomic mass is 10.1. The average Bonchev–Trinajstić information content (AvgIpc) is 2.37. The van der Waals surface area contributed by atoms with Crippen molar-refractivity contribution in [2.24, 2.45) is 0 Å². The van der Waals surface area contributed by atoms with Gasteiger partial charge < -0.3 is 15.7 Å². The predicted molar refractivity (Wildman–Crippen MR) is 80.2 cm³/mol. The molecule has 3 N–H and O–H groups in total. The molecule has 4 nitrogen and oxygen atoms in total. The number of nitrogens with one attached hydrogen (secondary N) is 2. The Labute approximate surface area is 118 Å². The SMILES string of the molecule is CC(C)NCCCCCCNC(=O)CCCCCO. The summed E-state index contributed by atoms with van der Waals surface area (Å²) in [6.45, 7) is 6.45. The fourth-order valence-electron chi connectivity index (χ4n) is 1.88. The summed E-state index contributed by atoms with van der Waals surface area (Å²) in [6.07, 6.45) is 7.92. The molecule has 19 heavy (non-hydrogen) atoms. The van der Waals surface area contributed by atoms with Gasteiger partial charge in [0, 0.05) is 25.6 Å². The normalized spacial score (nSPS) is 10.9. The number of carbonyl (C=O) groups is 1. The van der Waals surface area contributed by atoms with E-state index in [2.05, 4.69) is 24.5 Å². The number of hydrogen-bond acceptors (Lipinski definition) is 3. The van der Waals surface area contributed by atoms with Crippen LogP contribution in [0.25, 0.3) is 0 Å². The fraction of sp³-hybridized carbons (Fsp3) is 0.933. The van der Waals surface area contributed by atoms with Gasteiger partial charge in [-0.05, 0) is 32.2 Å². The monoisotopic (exact) mass is 272 g/mol. The average molecular weight is 272 g/mol. The first-order valence-corrected chi connectivity index (χ1v) is 7.77. The molecule has 0 aliphatic carbocycles. The lowest BCUT2D eigenvalue weighted by Gasteiger charge is -2.08. The van der Waals surface area contributed by atoms with Crippen LogP contribution in [0.1, 0.15) is 65.2 Å². The van der Waals surface area contributed by atoms with Crippen molar-refractivity contribution in [1.82, 2.24) is 10.6 Å². The maximum absolute atomic E-state index is 11.4. The molecule has 0 radical (unpaired) electrons. The van der Waals surface area contributed by atoms with Crippen LogP contribution in [-0.4, -0.2) is 36.8 Å². The molecule has 0 spiro atoms. The van der Waals surface area contributed by atoms with E-state index in [1.807, 2.05) is 0 Å². The number of unbranched alkanes of at least 4 members (excludes halogenated alkanes) is 5. The highest BCUT2D eigenvalue weighted by Gasteiger charge is 2.00. The molecular weight excluding hydrogens is 240 g/mol. The lowest BCUT2D eigenvalue weighted by molar-refractivity contribution is -0.121. The van der Waals surface area contributed by atoms with Gasteiger partial charge in [-0.15, -0.1) is 0 Å². The molecule has 0 rings (SSSR count). The molecule has 0 saturated carbocycles. The third kappa shape index (κ3) is 15.3. The van der Waals surface area contributed by atoms with Gasteiger partial charge in [0.15, 0.2) is 0 Å². The van der Waals surface area contributed by atoms with Crippen molar-refractivity contribution >= 4 is 5.91 Å². The molecule has 0 atom stereocenters. The standard InChI is InChI=1S/C15H32N2O2/c1-14(2)16-11-7-3-4-8-12-17-15(19)10-6-5-9-13-18/h14,16,18H,3-13H2,1-2H3,(H,17,19). The van der Waals surface area contributed by atoms with Crippen molar-refractivity contribution in [3.05, 3.63) is 0 Å². The number of rotatable bonds is 13. The molecule has 0 aromatic rings. The van der Waals surface area contributed by atoms with E-state index in [0.717, 1.165) is 38.8 Å². The maximum atomic E-state index is 11.4. The Morgan fingerprint density at radius 1 is 0.947 bits per heavy atom. The lowest BCUT2D eigenvalue weighted by Crippen LogP contribution is -2.24. The number of aliphatic hydroxyl groups is 1. The zero-order valence-corrected chi connectivity index (χ0v) is 12.7. The van der Waals surface area contributed by atoms with Gasteiger partial charge in [0.2, 0.25) is 5.91 Å². The molecule has 0 aliphatic heterocycles. The van der Waals surface area contributed by atoms with E-state index in [0.29, 0.717) is 12.5 Å². The smallest absolute Gasteiger partial charge is 0.219 e. The number of amides is 1. The molecule has 0 heterocycles. The second kappa shape index (κ2) is 13.8. The number of hydrogen-bond donors (Lipinski definition) is 3. The first kappa shape index (κ1) is 18.4. The topological polar surface area (TPSA) is 61.4 Å². The Balaban J connectivity index is 3.14. The third-order valence-electron chi connectivity index (χ3n) is 3.04. The van der Waals surface area contributed by atoms with Crippen molar-refractivity contribution in [3.8, 4) is 0 Å². The molecule has 0 aliphatic rings. The van der Waals surface area contributed by atoms with E-state index in [1.165, 1.54) is 19.3 Å². The third-order valence-corrected chi connectivity index (χ3v) is 3.04. The highest BCUT2D eigenvalue weighted by molar-refractivity contribution is 5.75. The minimum atomic E-state index is 0.152. The molecule has 0 aromatic carbocycles. The van der Waals surface area contributed by atoms with Crippen molar-refractivity contribution in [1.29, 1.82) is 0 Å². The summed E-state index contributed by atoms with van der Waals surface area (Å²) in [5.41, 5.74) is 0. The Morgan fingerprint density at radius 3 is 2.21 bits per heavy atom. The highest BCUT2D eigenvalue weighted by atomic mass is 16.2. The minimum absolute atomic E-state index is 0.152. The number of aliphatic hydroxyl groups excluding tert-OH is 1. The molecule has 0 fully saturated rings. The quantitative estimate of drug-likeness (QED) is 0.451. The summed E-state index contributed by atoms with van der Waals surface area (Å²) >= 11 is 0. The second-order valence-electron chi connectivity index (χ2n) is 5.41. The summed E-state index contributed by atoms with van der Waals surface area (Å²) in [5, 5.41) is 15.0. The largest absolute Gasteiger partial charge is 0.396 e. The van der Waals surface area contributed by atoms with Gasteiger partial charge in [-0.25, -0.2) is 0 Å². The van der Waals surface area contributed by atoms with Crippen molar-refractivity contribution < 1.29 is 9.90 Å². The van der Waals surface area contributed by atoms with E-state index in [4.69, 9.17) is 5.11 Å². The van der Waals surface area contributed by atoms with Crippen molar-refractivity contribution in [3.63, 3.8) is 0 Å². The molecule has 114 valence electrons. The van der Waals surface area contributed by atoms with Crippen LogP contribution in [0.15, 0.2) is 0 Å². The van der Waals surface area contributed by atoms with E-state index >= 15 is 0 Å². The summed E-state index contributed by atoms with van der Waals surface area (Å²) in [5.74, 6) is 0.152. The van der Waals surface area contributed by atoms with E-state index in [-0.39, 0.29) is 12.5 Å². The molecule has 0 unspecified atom stereocenters. The summed E-state index contributed by atoms with van der Waals surface area (Å²) in [4.78, 5) is 11.4. The first-order valence-electron chi connectivity index (χ1n) is 7.77. The minimum Gasteiger partial charge on any atom is -0.396 e.